The SMILES string of the molecule is COC[C@H](NC(=O)OCC1c2ccccc2-c2ccccc21)C(=O)Nc1cc(Cl)ccc1C(=O)O. The van der Waals surface area contributed by atoms with E-state index in [0.29, 0.717) is 0 Å². The Morgan fingerprint density at radius 3 is 2.23 bits per heavy atom. The normalized spacial score (nSPS) is 12.9. The van der Waals surface area contributed by atoms with Crippen molar-refractivity contribution >= 4 is 35.3 Å². The zero-order valence-electron chi connectivity index (χ0n) is 18.8. The number of ether oxygens (including phenoxy) is 2. The first-order chi connectivity index (χ1) is 16.9. The third kappa shape index (κ3) is 5.29. The number of hydrogen-bond acceptors (Lipinski definition) is 5. The second-order valence-corrected chi connectivity index (χ2v) is 8.40. The summed E-state index contributed by atoms with van der Waals surface area (Å²) >= 11 is 5.95. The summed E-state index contributed by atoms with van der Waals surface area (Å²) in [5.41, 5.74) is 4.20. The summed E-state index contributed by atoms with van der Waals surface area (Å²) < 4.78 is 10.6. The molecular formula is C26H23ClN2O6. The van der Waals surface area contributed by atoms with Crippen molar-refractivity contribution in [3.05, 3.63) is 88.4 Å². The summed E-state index contributed by atoms with van der Waals surface area (Å²) in [6.07, 6.45) is -0.798. The van der Waals surface area contributed by atoms with Crippen molar-refractivity contribution in [2.45, 2.75) is 12.0 Å². The van der Waals surface area contributed by atoms with Crippen LogP contribution in [0.15, 0.2) is 66.7 Å². The smallest absolute Gasteiger partial charge is 0.407 e. The molecule has 3 N–H and O–H groups in total. The monoisotopic (exact) mass is 494 g/mol. The lowest BCUT2D eigenvalue weighted by atomic mass is 9.98. The fraction of sp³-hybridized carbons (Fsp3) is 0.192. The molecule has 0 unspecified atom stereocenters. The van der Waals surface area contributed by atoms with E-state index in [9.17, 15) is 19.5 Å². The van der Waals surface area contributed by atoms with Gasteiger partial charge >= 0.3 is 12.1 Å². The van der Waals surface area contributed by atoms with E-state index in [1.54, 1.807) is 0 Å². The van der Waals surface area contributed by atoms with Crippen molar-refractivity contribution in [3.63, 3.8) is 0 Å². The Morgan fingerprint density at radius 1 is 1.00 bits per heavy atom. The van der Waals surface area contributed by atoms with Gasteiger partial charge in [-0.1, -0.05) is 60.1 Å². The molecule has 3 aromatic carbocycles. The van der Waals surface area contributed by atoms with Crippen LogP contribution in [0.4, 0.5) is 10.5 Å². The molecule has 8 nitrogen and oxygen atoms in total. The molecule has 4 rings (SSSR count). The van der Waals surface area contributed by atoms with Gasteiger partial charge in [-0.05, 0) is 40.5 Å². The van der Waals surface area contributed by atoms with Crippen molar-refractivity contribution in [2.75, 3.05) is 25.6 Å². The summed E-state index contributed by atoms with van der Waals surface area (Å²) in [5.74, 6) is -2.04. The first-order valence-electron chi connectivity index (χ1n) is 10.8. The van der Waals surface area contributed by atoms with Crippen molar-refractivity contribution in [1.82, 2.24) is 5.32 Å². The number of aromatic carboxylic acids is 1. The topological polar surface area (TPSA) is 114 Å². The van der Waals surface area contributed by atoms with Crippen LogP contribution in [0.1, 0.15) is 27.4 Å². The highest BCUT2D eigenvalue weighted by atomic mass is 35.5. The summed E-state index contributed by atoms with van der Waals surface area (Å²) in [7, 11) is 1.38. The lowest BCUT2D eigenvalue weighted by Crippen LogP contribution is -2.47. The number of rotatable bonds is 8. The zero-order chi connectivity index (χ0) is 24.9. The van der Waals surface area contributed by atoms with Gasteiger partial charge in [0.1, 0.15) is 12.6 Å². The minimum absolute atomic E-state index is 0.00504. The van der Waals surface area contributed by atoms with Gasteiger partial charge in [0.05, 0.1) is 17.9 Å². The van der Waals surface area contributed by atoms with Gasteiger partial charge in [-0.3, -0.25) is 4.79 Å². The predicted octanol–water partition coefficient (Wildman–Crippen LogP) is 4.53. The number of carboxylic acids is 1. The lowest BCUT2D eigenvalue weighted by molar-refractivity contribution is -0.119. The molecule has 0 saturated carbocycles. The van der Waals surface area contributed by atoms with E-state index in [1.165, 1.54) is 25.3 Å². The molecule has 0 heterocycles. The minimum atomic E-state index is -1.23. The molecule has 0 aliphatic heterocycles. The van der Waals surface area contributed by atoms with E-state index in [-0.39, 0.29) is 35.4 Å². The van der Waals surface area contributed by atoms with Crippen LogP contribution in [0.25, 0.3) is 11.1 Å². The summed E-state index contributed by atoms with van der Waals surface area (Å²) in [4.78, 5) is 36.9. The van der Waals surface area contributed by atoms with E-state index >= 15 is 0 Å². The number of fused-ring (bicyclic) bond motifs is 3. The number of hydrogen-bond donors (Lipinski definition) is 3. The van der Waals surface area contributed by atoms with Crippen LogP contribution in [0.2, 0.25) is 5.02 Å². The Morgan fingerprint density at radius 2 is 1.63 bits per heavy atom. The fourth-order valence-corrected chi connectivity index (χ4v) is 4.33. The largest absolute Gasteiger partial charge is 0.478 e. The molecule has 0 fully saturated rings. The van der Waals surface area contributed by atoms with Crippen molar-refractivity contribution < 1.29 is 29.0 Å². The molecule has 0 aromatic heterocycles. The second kappa shape index (κ2) is 10.6. The van der Waals surface area contributed by atoms with Crippen LogP contribution in [-0.4, -0.2) is 49.4 Å². The maximum atomic E-state index is 12.8. The molecule has 0 saturated heterocycles. The molecule has 1 aliphatic carbocycles. The van der Waals surface area contributed by atoms with Crippen LogP contribution < -0.4 is 10.6 Å². The lowest BCUT2D eigenvalue weighted by Gasteiger charge is -2.20. The maximum Gasteiger partial charge on any atom is 0.407 e. The Labute approximate surface area is 206 Å². The quantitative estimate of drug-likeness (QED) is 0.424. The first kappa shape index (κ1) is 24.3. The van der Waals surface area contributed by atoms with E-state index < -0.39 is 24.0 Å². The number of carbonyl (C=O) groups excluding carboxylic acids is 2. The van der Waals surface area contributed by atoms with Gasteiger partial charge in [0.25, 0.3) is 0 Å². The molecule has 0 bridgehead atoms. The van der Waals surface area contributed by atoms with Gasteiger partial charge in [0, 0.05) is 18.1 Å². The number of anilines is 1. The summed E-state index contributed by atoms with van der Waals surface area (Å²) in [6.45, 7) is -0.0718. The molecule has 0 spiro atoms. The highest BCUT2D eigenvalue weighted by molar-refractivity contribution is 6.31. The summed E-state index contributed by atoms with van der Waals surface area (Å²) in [5, 5.41) is 14.6. The second-order valence-electron chi connectivity index (χ2n) is 7.96. The van der Waals surface area contributed by atoms with Crippen LogP contribution in [0, 0.1) is 0 Å². The Balaban J connectivity index is 1.43. The zero-order valence-corrected chi connectivity index (χ0v) is 19.5. The molecule has 2 amide bonds. The number of alkyl carbamates (subject to hydrolysis) is 1. The molecule has 1 aliphatic rings. The van der Waals surface area contributed by atoms with Crippen LogP contribution >= 0.6 is 11.6 Å². The minimum Gasteiger partial charge on any atom is -0.478 e. The maximum absolute atomic E-state index is 12.8. The number of halogens is 1. The van der Waals surface area contributed by atoms with Gasteiger partial charge in [-0.25, -0.2) is 9.59 Å². The number of amides is 2. The van der Waals surface area contributed by atoms with Crippen molar-refractivity contribution in [2.24, 2.45) is 0 Å². The Kier molecular flexibility index (Phi) is 7.33. The van der Waals surface area contributed by atoms with E-state index in [0.717, 1.165) is 22.3 Å². The number of methoxy groups -OCH3 is 1. The van der Waals surface area contributed by atoms with Crippen LogP contribution in [-0.2, 0) is 14.3 Å². The van der Waals surface area contributed by atoms with Crippen molar-refractivity contribution in [3.8, 4) is 11.1 Å². The number of carbonyl (C=O) groups is 3. The van der Waals surface area contributed by atoms with Gasteiger partial charge in [0.2, 0.25) is 5.91 Å². The number of benzene rings is 3. The molecule has 180 valence electrons. The highest BCUT2D eigenvalue weighted by Crippen LogP contribution is 2.44. The third-order valence-corrected chi connectivity index (χ3v) is 5.99. The number of carboxylic acid groups (broad SMARTS) is 1. The van der Waals surface area contributed by atoms with Gasteiger partial charge < -0.3 is 25.2 Å². The third-order valence-electron chi connectivity index (χ3n) is 5.76. The van der Waals surface area contributed by atoms with Gasteiger partial charge in [-0.15, -0.1) is 0 Å². The van der Waals surface area contributed by atoms with Crippen LogP contribution in [0.5, 0.6) is 0 Å². The molecule has 3 aromatic rings. The average molecular weight is 495 g/mol. The van der Waals surface area contributed by atoms with Gasteiger partial charge in [-0.2, -0.15) is 0 Å². The molecule has 0 radical (unpaired) electrons. The molecule has 1 atom stereocenters. The van der Waals surface area contributed by atoms with E-state index in [4.69, 9.17) is 21.1 Å². The van der Waals surface area contributed by atoms with Crippen molar-refractivity contribution in [1.29, 1.82) is 0 Å². The number of nitrogens with one attached hydrogen (secondary N) is 2. The Bertz CT molecular complexity index is 1230. The highest BCUT2D eigenvalue weighted by Gasteiger charge is 2.30. The molecule has 35 heavy (non-hydrogen) atoms. The Hall–Kier alpha value is -3.88. The predicted molar refractivity (Wildman–Crippen MR) is 131 cm³/mol. The standard InChI is InChI=1S/C26H23ClN2O6/c1-34-14-23(24(30)28-22-12-15(27)10-11-20(22)25(31)32)29-26(33)35-13-21-18-8-4-2-6-16(18)17-7-3-5-9-19(17)21/h2-12,21,23H,13-14H2,1H3,(H,28,30)(H,29,33)(H,31,32)/t23-/m0/s1. The fourth-order valence-electron chi connectivity index (χ4n) is 4.16. The van der Waals surface area contributed by atoms with E-state index in [1.807, 2.05) is 48.5 Å². The molecule has 9 heteroatoms. The van der Waals surface area contributed by atoms with Gasteiger partial charge in [0.15, 0.2) is 0 Å². The molecular weight excluding hydrogens is 472 g/mol. The van der Waals surface area contributed by atoms with E-state index in [2.05, 4.69) is 10.6 Å². The first-order valence-corrected chi connectivity index (χ1v) is 11.2. The summed E-state index contributed by atoms with van der Waals surface area (Å²) in [6, 6.07) is 18.8. The average Bonchev–Trinajstić information content (AvgIpc) is 3.16. The van der Waals surface area contributed by atoms with Crippen LogP contribution in [0.3, 0.4) is 0 Å².